The molecule has 1 aromatic carbocycles. The minimum Gasteiger partial charge on any atom is -0.354 e. The first kappa shape index (κ1) is 21.7. The Balaban J connectivity index is 1.50. The maximum Gasteiger partial charge on any atom is 0.244 e. The Hall–Kier alpha value is -3.00. The molecule has 1 saturated heterocycles. The van der Waals surface area contributed by atoms with Crippen LogP contribution in [0.5, 0.6) is 0 Å². The van der Waals surface area contributed by atoms with E-state index in [0.29, 0.717) is 5.69 Å². The number of hydrogen-bond donors (Lipinski definition) is 1. The number of piperazine rings is 1. The van der Waals surface area contributed by atoms with Crippen LogP contribution in [0.15, 0.2) is 48.7 Å². The highest BCUT2D eigenvalue weighted by Gasteiger charge is 2.25. The largest absolute Gasteiger partial charge is 0.354 e. The summed E-state index contributed by atoms with van der Waals surface area (Å²) >= 11 is 0. The second-order valence-corrected chi connectivity index (χ2v) is 7.62. The summed E-state index contributed by atoms with van der Waals surface area (Å²) in [5, 5.41) is 2.71. The molecule has 3 rings (SSSR count). The molecule has 2 heterocycles. The first-order chi connectivity index (χ1) is 14.4. The molecule has 1 N–H and O–H groups in total. The van der Waals surface area contributed by atoms with E-state index < -0.39 is 0 Å². The third-order valence-corrected chi connectivity index (χ3v) is 5.09. The third-order valence-electron chi connectivity index (χ3n) is 5.09. The first-order valence-corrected chi connectivity index (χ1v) is 10.2. The van der Waals surface area contributed by atoms with E-state index >= 15 is 0 Å². The van der Waals surface area contributed by atoms with Crippen molar-refractivity contribution < 1.29 is 14.0 Å². The predicted molar refractivity (Wildman–Crippen MR) is 115 cm³/mol. The lowest BCUT2D eigenvalue weighted by Gasteiger charge is -2.36. The number of nitrogens with zero attached hydrogens (tertiary/aromatic N) is 4. The fraction of sp³-hybridized carbons (Fsp3) is 0.409. The van der Waals surface area contributed by atoms with Crippen LogP contribution in [0.1, 0.15) is 13.8 Å². The fourth-order valence-electron chi connectivity index (χ4n) is 3.41. The number of carbonyl (C=O) groups is 2. The summed E-state index contributed by atoms with van der Waals surface area (Å²) in [5.74, 6) is 0.203. The van der Waals surface area contributed by atoms with Gasteiger partial charge in [0.2, 0.25) is 11.8 Å². The van der Waals surface area contributed by atoms with Gasteiger partial charge in [-0.25, -0.2) is 9.37 Å². The van der Waals surface area contributed by atoms with E-state index in [1.54, 1.807) is 11.1 Å². The molecular formula is C22H28FN5O2. The van der Waals surface area contributed by atoms with Gasteiger partial charge in [-0.15, -0.1) is 0 Å². The molecule has 0 unspecified atom stereocenters. The van der Waals surface area contributed by atoms with Gasteiger partial charge in [0.05, 0.1) is 6.54 Å². The summed E-state index contributed by atoms with van der Waals surface area (Å²) in [5.41, 5.74) is 0.503. The quantitative estimate of drug-likeness (QED) is 0.754. The van der Waals surface area contributed by atoms with Gasteiger partial charge in [-0.3, -0.25) is 14.5 Å². The number of rotatable bonds is 7. The summed E-state index contributed by atoms with van der Waals surface area (Å²) < 4.78 is 13.0. The van der Waals surface area contributed by atoms with E-state index in [0.717, 1.165) is 32.0 Å². The van der Waals surface area contributed by atoms with Crippen LogP contribution in [0.3, 0.4) is 0 Å². The Labute approximate surface area is 176 Å². The number of anilines is 2. The standard InChI is InChI=1S/C22H28FN5O2/c1-17(2)28(15-21(29)25-19-8-6-18(23)7-9-19)22(30)16-26-11-13-27(14-12-26)20-5-3-4-10-24-20/h3-10,17H,11-16H2,1-2H3,(H,25,29). The third kappa shape index (κ3) is 6.00. The monoisotopic (exact) mass is 413 g/mol. The summed E-state index contributed by atoms with van der Waals surface area (Å²) in [6, 6.07) is 11.3. The van der Waals surface area contributed by atoms with Crippen LogP contribution >= 0.6 is 0 Å². The molecule has 1 aliphatic rings. The number of carbonyl (C=O) groups excluding carboxylic acids is 2. The minimum atomic E-state index is -0.366. The van der Waals surface area contributed by atoms with Crippen molar-refractivity contribution in [2.24, 2.45) is 0 Å². The van der Waals surface area contributed by atoms with Crippen LogP contribution in [0.2, 0.25) is 0 Å². The zero-order valence-electron chi connectivity index (χ0n) is 17.4. The highest BCUT2D eigenvalue weighted by molar-refractivity contribution is 5.94. The van der Waals surface area contributed by atoms with Gasteiger partial charge >= 0.3 is 0 Å². The molecule has 1 fully saturated rings. The number of benzene rings is 1. The van der Waals surface area contributed by atoms with E-state index in [9.17, 15) is 14.0 Å². The van der Waals surface area contributed by atoms with Gasteiger partial charge in [0.25, 0.3) is 0 Å². The average Bonchev–Trinajstić information content (AvgIpc) is 2.74. The number of aromatic nitrogens is 1. The van der Waals surface area contributed by atoms with E-state index in [4.69, 9.17) is 0 Å². The molecule has 2 amide bonds. The van der Waals surface area contributed by atoms with Crippen LogP contribution < -0.4 is 10.2 Å². The smallest absolute Gasteiger partial charge is 0.244 e. The molecule has 30 heavy (non-hydrogen) atoms. The zero-order valence-corrected chi connectivity index (χ0v) is 17.4. The first-order valence-electron chi connectivity index (χ1n) is 10.2. The van der Waals surface area contributed by atoms with Gasteiger partial charge in [0.15, 0.2) is 0 Å². The molecule has 0 atom stereocenters. The predicted octanol–water partition coefficient (Wildman–Crippen LogP) is 2.22. The van der Waals surface area contributed by atoms with Crippen LogP contribution in [-0.4, -0.2) is 71.9 Å². The topological polar surface area (TPSA) is 68.8 Å². The van der Waals surface area contributed by atoms with Crippen molar-refractivity contribution in [2.45, 2.75) is 19.9 Å². The fourth-order valence-corrected chi connectivity index (χ4v) is 3.41. The molecular weight excluding hydrogens is 385 g/mol. The number of hydrogen-bond acceptors (Lipinski definition) is 5. The molecule has 0 bridgehead atoms. The Kier molecular flexibility index (Phi) is 7.35. The van der Waals surface area contributed by atoms with E-state index in [1.807, 2.05) is 32.0 Å². The van der Waals surface area contributed by atoms with Crippen molar-refractivity contribution in [3.05, 3.63) is 54.5 Å². The summed E-state index contributed by atoms with van der Waals surface area (Å²) in [6.45, 7) is 7.14. The van der Waals surface area contributed by atoms with Gasteiger partial charge in [-0.1, -0.05) is 6.07 Å². The molecule has 1 aliphatic heterocycles. The van der Waals surface area contributed by atoms with Crippen LogP contribution in [-0.2, 0) is 9.59 Å². The second-order valence-electron chi connectivity index (χ2n) is 7.62. The Bertz CT molecular complexity index is 836. The molecule has 7 nitrogen and oxygen atoms in total. The molecule has 0 saturated carbocycles. The molecule has 8 heteroatoms. The van der Waals surface area contributed by atoms with Crippen LogP contribution in [0, 0.1) is 5.82 Å². The lowest BCUT2D eigenvalue weighted by atomic mass is 10.2. The summed E-state index contributed by atoms with van der Waals surface area (Å²) in [4.78, 5) is 35.5. The Morgan fingerprint density at radius 2 is 1.80 bits per heavy atom. The van der Waals surface area contributed by atoms with Crippen LogP contribution in [0.25, 0.3) is 0 Å². The Morgan fingerprint density at radius 3 is 2.40 bits per heavy atom. The second kappa shape index (κ2) is 10.2. The lowest BCUT2D eigenvalue weighted by molar-refractivity contribution is -0.137. The summed E-state index contributed by atoms with van der Waals surface area (Å²) in [6.07, 6.45) is 1.78. The molecule has 160 valence electrons. The maximum absolute atomic E-state index is 13.0. The molecule has 1 aromatic heterocycles. The van der Waals surface area contributed by atoms with Gasteiger partial charge in [0, 0.05) is 44.1 Å². The van der Waals surface area contributed by atoms with Gasteiger partial charge in [0.1, 0.15) is 18.2 Å². The highest BCUT2D eigenvalue weighted by Crippen LogP contribution is 2.13. The molecule has 0 spiro atoms. The van der Waals surface area contributed by atoms with Gasteiger partial charge in [-0.05, 0) is 50.2 Å². The maximum atomic E-state index is 13.0. The van der Waals surface area contributed by atoms with E-state index in [2.05, 4.69) is 20.1 Å². The van der Waals surface area contributed by atoms with Crippen molar-refractivity contribution in [1.82, 2.24) is 14.8 Å². The lowest BCUT2D eigenvalue weighted by Crippen LogP contribution is -2.52. The summed E-state index contributed by atoms with van der Waals surface area (Å²) in [7, 11) is 0. The normalized spacial score (nSPS) is 14.6. The highest BCUT2D eigenvalue weighted by atomic mass is 19.1. The molecule has 0 radical (unpaired) electrons. The minimum absolute atomic E-state index is 0.0399. The van der Waals surface area contributed by atoms with Crippen molar-refractivity contribution in [1.29, 1.82) is 0 Å². The number of pyridine rings is 1. The molecule has 0 aliphatic carbocycles. The van der Waals surface area contributed by atoms with Crippen molar-refractivity contribution in [3.63, 3.8) is 0 Å². The molecule has 2 aromatic rings. The van der Waals surface area contributed by atoms with Crippen molar-refractivity contribution in [3.8, 4) is 0 Å². The van der Waals surface area contributed by atoms with Crippen LogP contribution in [0.4, 0.5) is 15.9 Å². The number of amides is 2. The Morgan fingerprint density at radius 1 is 1.10 bits per heavy atom. The van der Waals surface area contributed by atoms with Crippen molar-refractivity contribution in [2.75, 3.05) is 49.5 Å². The van der Waals surface area contributed by atoms with Gasteiger partial charge < -0.3 is 15.1 Å². The SMILES string of the molecule is CC(C)N(CC(=O)Nc1ccc(F)cc1)C(=O)CN1CCN(c2ccccn2)CC1. The number of halogens is 1. The van der Waals surface area contributed by atoms with Gasteiger partial charge in [-0.2, -0.15) is 0 Å². The number of nitrogens with one attached hydrogen (secondary N) is 1. The zero-order chi connectivity index (χ0) is 21.5. The van der Waals surface area contributed by atoms with E-state index in [-0.39, 0.29) is 36.8 Å². The van der Waals surface area contributed by atoms with E-state index in [1.165, 1.54) is 24.3 Å². The average molecular weight is 413 g/mol. The van der Waals surface area contributed by atoms with Crippen molar-refractivity contribution >= 4 is 23.3 Å².